The lowest BCUT2D eigenvalue weighted by Crippen LogP contribution is -2.12. The van der Waals surface area contributed by atoms with Crippen molar-refractivity contribution in [2.45, 2.75) is 13.2 Å². The maximum Gasteiger partial charge on any atom is 0.268 e. The number of amides is 1. The molecular weight excluding hydrogens is 462 g/mol. The molecule has 4 aromatic rings. The van der Waals surface area contributed by atoms with Crippen LogP contribution in [0.2, 0.25) is 10.0 Å². The number of nitrogens with zero attached hydrogens (tertiary/aromatic N) is 3. The molecular formula is C21H15Cl2FN4O2S. The predicted molar refractivity (Wildman–Crippen MR) is 119 cm³/mol. The van der Waals surface area contributed by atoms with Gasteiger partial charge in [-0.1, -0.05) is 35.3 Å². The normalized spacial score (nSPS) is 10.8. The number of rotatable bonds is 7. The largest absolute Gasteiger partial charge is 0.489 e. The van der Waals surface area contributed by atoms with E-state index in [2.05, 4.69) is 15.4 Å². The van der Waals surface area contributed by atoms with Gasteiger partial charge in [0.1, 0.15) is 24.5 Å². The molecule has 31 heavy (non-hydrogen) atoms. The Balaban J connectivity index is 1.34. The van der Waals surface area contributed by atoms with Crippen molar-refractivity contribution in [2.24, 2.45) is 0 Å². The molecule has 0 atom stereocenters. The van der Waals surface area contributed by atoms with Crippen LogP contribution in [0.3, 0.4) is 0 Å². The van der Waals surface area contributed by atoms with E-state index in [1.54, 1.807) is 30.3 Å². The van der Waals surface area contributed by atoms with Crippen LogP contribution in [0, 0.1) is 5.82 Å². The Labute approximate surface area is 191 Å². The van der Waals surface area contributed by atoms with Gasteiger partial charge in [-0.2, -0.15) is 0 Å². The zero-order valence-corrected chi connectivity index (χ0v) is 18.2. The smallest absolute Gasteiger partial charge is 0.268 e. The molecule has 6 nitrogen and oxygen atoms in total. The summed E-state index contributed by atoms with van der Waals surface area (Å²) in [5, 5.41) is 9.62. The Bertz CT molecular complexity index is 1230. The van der Waals surface area contributed by atoms with Crippen molar-refractivity contribution in [3.8, 4) is 5.75 Å². The Kier molecular flexibility index (Phi) is 6.50. The maximum atomic E-state index is 13.2. The number of halogens is 3. The molecule has 158 valence electrons. The fraction of sp³-hybridized carbons (Fsp3) is 0.0952. The van der Waals surface area contributed by atoms with Gasteiger partial charge in [-0.3, -0.25) is 10.1 Å². The van der Waals surface area contributed by atoms with Crippen LogP contribution in [0.15, 0.2) is 60.2 Å². The number of aromatic nitrogens is 3. The van der Waals surface area contributed by atoms with Gasteiger partial charge in [0.2, 0.25) is 5.95 Å². The fourth-order valence-electron chi connectivity index (χ4n) is 2.71. The Hall–Kier alpha value is -2.94. The van der Waals surface area contributed by atoms with Gasteiger partial charge >= 0.3 is 0 Å². The van der Waals surface area contributed by atoms with E-state index < -0.39 is 5.82 Å². The van der Waals surface area contributed by atoms with Crippen molar-refractivity contribution in [3.05, 3.63) is 92.1 Å². The molecule has 0 bridgehead atoms. The van der Waals surface area contributed by atoms with E-state index in [0.717, 1.165) is 5.56 Å². The summed E-state index contributed by atoms with van der Waals surface area (Å²) in [7, 11) is 0. The average molecular weight is 477 g/mol. The number of thiophene rings is 1. The summed E-state index contributed by atoms with van der Waals surface area (Å²) in [5.41, 5.74) is 1.55. The minimum atomic E-state index is -0.409. The molecule has 2 aromatic carbocycles. The van der Waals surface area contributed by atoms with E-state index in [9.17, 15) is 9.18 Å². The Morgan fingerprint density at radius 2 is 2.06 bits per heavy atom. The number of anilines is 1. The standard InChI is InChI=1S/C21H15Cl2FN4O2S/c22-15-2-1-3-17(7-15)30-10-13-6-19(31-11-13)20(29)26-21-25-12-28(27-21)9-14-4-5-16(24)8-18(14)23/h1-8,11-12H,9-10H2,(H,26,27,29). The lowest BCUT2D eigenvalue weighted by atomic mass is 10.2. The topological polar surface area (TPSA) is 69.0 Å². The molecule has 0 aliphatic rings. The van der Waals surface area contributed by atoms with Crippen LogP contribution in [0.1, 0.15) is 20.8 Å². The Morgan fingerprint density at radius 1 is 1.19 bits per heavy atom. The first-order valence-corrected chi connectivity index (χ1v) is 10.7. The summed E-state index contributed by atoms with van der Waals surface area (Å²) >= 11 is 13.3. The molecule has 1 amide bonds. The number of hydrogen-bond donors (Lipinski definition) is 1. The van der Waals surface area contributed by atoms with Crippen LogP contribution in [0.25, 0.3) is 0 Å². The molecule has 0 fully saturated rings. The van der Waals surface area contributed by atoms with Gasteiger partial charge in [0, 0.05) is 15.6 Å². The third-order valence-electron chi connectivity index (χ3n) is 4.19. The number of nitrogens with one attached hydrogen (secondary N) is 1. The molecule has 0 aliphatic heterocycles. The molecule has 0 saturated heterocycles. The number of ether oxygens (including phenoxy) is 1. The molecule has 0 unspecified atom stereocenters. The third kappa shape index (κ3) is 5.61. The van der Waals surface area contributed by atoms with Gasteiger partial charge < -0.3 is 4.74 Å². The predicted octanol–water partition coefficient (Wildman–Crippen LogP) is 5.67. The van der Waals surface area contributed by atoms with Crippen molar-refractivity contribution in [3.63, 3.8) is 0 Å². The van der Waals surface area contributed by atoms with Gasteiger partial charge in [-0.25, -0.2) is 14.1 Å². The van der Waals surface area contributed by atoms with Crippen molar-refractivity contribution in [1.29, 1.82) is 0 Å². The van der Waals surface area contributed by atoms with Crippen LogP contribution in [0.5, 0.6) is 5.75 Å². The minimum absolute atomic E-state index is 0.161. The van der Waals surface area contributed by atoms with E-state index in [4.69, 9.17) is 27.9 Å². The highest BCUT2D eigenvalue weighted by atomic mass is 35.5. The lowest BCUT2D eigenvalue weighted by molar-refractivity contribution is 0.102. The van der Waals surface area contributed by atoms with Crippen LogP contribution >= 0.6 is 34.5 Å². The van der Waals surface area contributed by atoms with E-state index in [1.165, 1.54) is 34.5 Å². The van der Waals surface area contributed by atoms with E-state index in [-0.39, 0.29) is 11.9 Å². The third-order valence-corrected chi connectivity index (χ3v) is 5.75. The van der Waals surface area contributed by atoms with E-state index in [0.29, 0.717) is 39.4 Å². The Morgan fingerprint density at radius 3 is 2.87 bits per heavy atom. The van der Waals surface area contributed by atoms with Crippen LogP contribution < -0.4 is 10.1 Å². The molecule has 4 rings (SSSR count). The fourth-order valence-corrected chi connectivity index (χ4v) is 3.91. The highest BCUT2D eigenvalue weighted by molar-refractivity contribution is 7.12. The number of carbonyl (C=O) groups is 1. The van der Waals surface area contributed by atoms with Gasteiger partial charge in [0.25, 0.3) is 5.91 Å². The first-order valence-electron chi connectivity index (χ1n) is 9.07. The summed E-state index contributed by atoms with van der Waals surface area (Å²) in [5.74, 6) is 0.0826. The SMILES string of the molecule is O=C(Nc1ncn(Cc2ccc(F)cc2Cl)n1)c1cc(COc2cccc(Cl)c2)cs1. The van der Waals surface area contributed by atoms with Gasteiger partial charge in [0.05, 0.1) is 11.4 Å². The first kappa shape index (κ1) is 21.3. The van der Waals surface area contributed by atoms with Gasteiger partial charge in [-0.05, 0) is 47.3 Å². The molecule has 2 heterocycles. The van der Waals surface area contributed by atoms with Crippen LogP contribution in [-0.4, -0.2) is 20.7 Å². The zero-order chi connectivity index (χ0) is 21.8. The summed E-state index contributed by atoms with van der Waals surface area (Å²) in [6, 6.07) is 13.0. The highest BCUT2D eigenvalue weighted by Gasteiger charge is 2.13. The van der Waals surface area contributed by atoms with Crippen LogP contribution in [-0.2, 0) is 13.2 Å². The molecule has 0 aliphatic carbocycles. The summed E-state index contributed by atoms with van der Waals surface area (Å²) < 4.78 is 20.4. The molecule has 0 radical (unpaired) electrons. The van der Waals surface area contributed by atoms with Crippen LogP contribution in [0.4, 0.5) is 10.3 Å². The van der Waals surface area contributed by atoms with Crippen molar-refractivity contribution in [2.75, 3.05) is 5.32 Å². The van der Waals surface area contributed by atoms with E-state index >= 15 is 0 Å². The average Bonchev–Trinajstić information content (AvgIpc) is 3.38. The molecule has 1 N–H and O–H groups in total. The second-order valence-corrected chi connectivity index (χ2v) is 8.28. The monoisotopic (exact) mass is 476 g/mol. The van der Waals surface area contributed by atoms with Crippen molar-refractivity contribution < 1.29 is 13.9 Å². The van der Waals surface area contributed by atoms with Crippen molar-refractivity contribution in [1.82, 2.24) is 14.8 Å². The van der Waals surface area contributed by atoms with E-state index in [1.807, 2.05) is 11.4 Å². The molecule has 0 saturated carbocycles. The summed E-state index contributed by atoms with van der Waals surface area (Å²) in [6.07, 6.45) is 1.47. The van der Waals surface area contributed by atoms with Gasteiger partial charge in [-0.15, -0.1) is 16.4 Å². The molecule has 0 spiro atoms. The van der Waals surface area contributed by atoms with Gasteiger partial charge in [0.15, 0.2) is 0 Å². The number of hydrogen-bond acceptors (Lipinski definition) is 5. The summed E-state index contributed by atoms with van der Waals surface area (Å²) in [4.78, 5) is 17.1. The first-order chi connectivity index (χ1) is 15.0. The van der Waals surface area contributed by atoms with Crippen molar-refractivity contribution >= 4 is 46.4 Å². The lowest BCUT2D eigenvalue weighted by Gasteiger charge is -2.04. The number of carbonyl (C=O) groups excluding carboxylic acids is 1. The quantitative estimate of drug-likeness (QED) is 0.373. The molecule has 2 aromatic heterocycles. The maximum absolute atomic E-state index is 13.2. The zero-order valence-electron chi connectivity index (χ0n) is 15.9. The minimum Gasteiger partial charge on any atom is -0.489 e. The highest BCUT2D eigenvalue weighted by Crippen LogP contribution is 2.21. The second-order valence-electron chi connectivity index (χ2n) is 6.52. The second kappa shape index (κ2) is 9.47. The summed E-state index contributed by atoms with van der Waals surface area (Å²) in [6.45, 7) is 0.613. The number of benzene rings is 2. The molecule has 10 heteroatoms.